The maximum absolute atomic E-state index is 4.77. The Morgan fingerprint density at radius 2 is 0.794 bits per heavy atom. The molecule has 2 nitrogen and oxygen atoms in total. The van der Waals surface area contributed by atoms with Gasteiger partial charge in [0.25, 0.3) is 0 Å². The molecule has 0 radical (unpaired) electrons. The lowest BCUT2D eigenvalue weighted by Gasteiger charge is -2.19. The minimum Gasteiger partial charge on any atom is -0.254 e. The Balaban J connectivity index is 0.985. The molecule has 0 saturated carbocycles. The first kappa shape index (κ1) is 35.5. The predicted octanol–water partition coefficient (Wildman–Crippen LogP) is 16.7. The van der Waals surface area contributed by atoms with Gasteiger partial charge in [-0.25, -0.2) is 0 Å². The number of benzene rings is 11. The molecule has 0 N–H and O–H groups in total. The van der Waals surface area contributed by atoms with E-state index in [0.717, 1.165) is 32.9 Å². The third-order valence-electron chi connectivity index (χ3n) is 13.4. The Labute approximate surface area is 364 Å². The van der Waals surface area contributed by atoms with Crippen LogP contribution < -0.4 is 0 Å². The van der Waals surface area contributed by atoms with Crippen LogP contribution >= 0.6 is 0 Å². The largest absolute Gasteiger partial charge is 0.254 e. The highest BCUT2D eigenvalue weighted by atomic mass is 14.7. The van der Waals surface area contributed by atoms with E-state index in [1.54, 1.807) is 0 Å². The average Bonchev–Trinajstić information content (AvgIpc) is 3.34. The molecule has 0 amide bonds. The van der Waals surface area contributed by atoms with Crippen molar-refractivity contribution in [2.45, 2.75) is 6.92 Å². The topological polar surface area (TPSA) is 25.8 Å². The van der Waals surface area contributed by atoms with Crippen LogP contribution in [0.3, 0.4) is 0 Å². The van der Waals surface area contributed by atoms with E-state index >= 15 is 0 Å². The quantitative estimate of drug-likeness (QED) is 0.131. The molecule has 2 heteroatoms. The van der Waals surface area contributed by atoms with Crippen molar-refractivity contribution in [2.24, 2.45) is 0 Å². The van der Waals surface area contributed by atoms with Crippen LogP contribution in [0.2, 0.25) is 0 Å². The number of hydrogen-bond donors (Lipinski definition) is 0. The summed E-state index contributed by atoms with van der Waals surface area (Å²) in [5.74, 6) is 0. The third-order valence-corrected chi connectivity index (χ3v) is 13.4. The van der Waals surface area contributed by atoms with Crippen LogP contribution in [0.4, 0.5) is 0 Å². The summed E-state index contributed by atoms with van der Waals surface area (Å²) in [6, 6.07) is 74.0. The molecule has 0 atom stereocenters. The van der Waals surface area contributed by atoms with E-state index in [1.165, 1.54) is 104 Å². The summed E-state index contributed by atoms with van der Waals surface area (Å²) in [5.41, 5.74) is 12.9. The van der Waals surface area contributed by atoms with E-state index in [2.05, 4.69) is 200 Å². The van der Waals surface area contributed by atoms with Gasteiger partial charge in [0.15, 0.2) is 0 Å². The van der Waals surface area contributed by atoms with E-state index in [4.69, 9.17) is 4.98 Å². The van der Waals surface area contributed by atoms with Crippen molar-refractivity contribution in [3.05, 3.63) is 218 Å². The zero-order valence-electron chi connectivity index (χ0n) is 34.6. The predicted molar refractivity (Wildman–Crippen MR) is 269 cm³/mol. The van der Waals surface area contributed by atoms with Crippen LogP contribution in [0, 0.1) is 6.92 Å². The smallest absolute Gasteiger partial charge is 0.0970 e. The minimum absolute atomic E-state index is 0.929. The first-order chi connectivity index (χ1) is 31.2. The van der Waals surface area contributed by atoms with Crippen molar-refractivity contribution in [3.8, 4) is 44.5 Å². The third kappa shape index (κ3) is 5.45. The molecule has 0 saturated heterocycles. The molecule has 0 fully saturated rings. The lowest BCUT2D eigenvalue weighted by atomic mass is 9.84. The molecule has 0 unspecified atom stereocenters. The van der Waals surface area contributed by atoms with Crippen molar-refractivity contribution in [1.29, 1.82) is 0 Å². The fourth-order valence-corrected chi connectivity index (χ4v) is 10.6. The maximum atomic E-state index is 4.77. The van der Waals surface area contributed by atoms with Gasteiger partial charge in [0.1, 0.15) is 0 Å². The molecule has 0 aliphatic carbocycles. The van der Waals surface area contributed by atoms with Gasteiger partial charge in [0.2, 0.25) is 0 Å². The Kier molecular flexibility index (Phi) is 7.85. The maximum Gasteiger partial charge on any atom is 0.0970 e. The van der Waals surface area contributed by atoms with Gasteiger partial charge in [-0.1, -0.05) is 176 Å². The van der Waals surface area contributed by atoms with Gasteiger partial charge in [-0.15, -0.1) is 0 Å². The van der Waals surface area contributed by atoms with Crippen LogP contribution in [0.5, 0.6) is 0 Å². The van der Waals surface area contributed by atoms with Crippen LogP contribution in [-0.4, -0.2) is 9.97 Å². The van der Waals surface area contributed by atoms with Crippen LogP contribution in [-0.2, 0) is 0 Å². The highest BCUT2D eigenvalue weighted by Gasteiger charge is 2.19. The summed E-state index contributed by atoms with van der Waals surface area (Å²) in [6.07, 6.45) is 3.70. The summed E-state index contributed by atoms with van der Waals surface area (Å²) in [5, 5.41) is 17.4. The Morgan fingerprint density at radius 1 is 0.286 bits per heavy atom. The highest BCUT2D eigenvalue weighted by Crippen LogP contribution is 2.46. The Hall–Kier alpha value is -8.20. The van der Waals surface area contributed by atoms with E-state index in [1.807, 2.05) is 24.5 Å². The second-order valence-corrected chi connectivity index (χ2v) is 16.9. The first-order valence-corrected chi connectivity index (χ1v) is 21.7. The van der Waals surface area contributed by atoms with E-state index in [-0.39, 0.29) is 0 Å². The molecule has 0 aliphatic heterocycles. The normalized spacial score (nSPS) is 11.9. The molecule has 0 aliphatic rings. The summed E-state index contributed by atoms with van der Waals surface area (Å²) in [4.78, 5) is 9.45. The Bertz CT molecular complexity index is 3970. The van der Waals surface area contributed by atoms with Crippen LogP contribution in [0.1, 0.15) is 5.56 Å². The van der Waals surface area contributed by atoms with Crippen molar-refractivity contribution in [2.75, 3.05) is 0 Å². The number of nitrogens with zero attached hydrogens (tertiary/aromatic N) is 2. The number of rotatable bonds is 4. The van der Waals surface area contributed by atoms with Crippen molar-refractivity contribution in [3.63, 3.8) is 0 Å². The lowest BCUT2D eigenvalue weighted by molar-refractivity contribution is 1.37. The molecular formula is C61H38N2. The SMILES string of the molecule is Cc1cccc2ccc3cccc(-c4cccc5ccc6cc(-c7c8ccccc8c(-c8ccc(-c9cc%10cccnc%10c%10ncccc9%10)cc8)c8ccccc78)ccc6c45)c3c12. The number of aryl methyl sites for hydroxylation is 1. The average molecular weight is 799 g/mol. The molecule has 13 aromatic rings. The second-order valence-electron chi connectivity index (χ2n) is 16.9. The monoisotopic (exact) mass is 798 g/mol. The van der Waals surface area contributed by atoms with Crippen molar-refractivity contribution >= 4 is 86.4 Å². The number of fused-ring (bicyclic) bond motifs is 11. The van der Waals surface area contributed by atoms with Gasteiger partial charge < -0.3 is 0 Å². The number of pyridine rings is 2. The van der Waals surface area contributed by atoms with Gasteiger partial charge in [-0.2, -0.15) is 0 Å². The van der Waals surface area contributed by atoms with Gasteiger partial charge in [0.05, 0.1) is 11.0 Å². The van der Waals surface area contributed by atoms with Crippen LogP contribution in [0.15, 0.2) is 213 Å². The molecule has 63 heavy (non-hydrogen) atoms. The number of hydrogen-bond acceptors (Lipinski definition) is 2. The molecule has 11 aromatic carbocycles. The molecule has 2 heterocycles. The van der Waals surface area contributed by atoms with Crippen molar-refractivity contribution in [1.82, 2.24) is 9.97 Å². The minimum atomic E-state index is 0.929. The summed E-state index contributed by atoms with van der Waals surface area (Å²) >= 11 is 0. The first-order valence-electron chi connectivity index (χ1n) is 21.7. The lowest BCUT2D eigenvalue weighted by Crippen LogP contribution is -1.92. The van der Waals surface area contributed by atoms with Gasteiger partial charge in [-0.05, 0) is 146 Å². The number of aromatic nitrogens is 2. The molecule has 0 spiro atoms. The zero-order chi connectivity index (χ0) is 41.6. The molecule has 2 aromatic heterocycles. The summed E-state index contributed by atoms with van der Waals surface area (Å²) < 4.78 is 0. The standard InChI is InChI=1S/C61H38N2/c1-37-11-6-12-39-27-28-41-14-8-21-52(59(41)55(37)39)51-20-7-13-40-29-30-43-35-44(31-32-46(43)56(40)51)58-49-18-4-2-16-47(49)57(48-17-3-5-19-50(48)58)42-25-23-38(24-26-42)54-36-45-15-9-33-62-60(45)61-53(54)22-10-34-63-61/h2-36H,1H3. The van der Waals surface area contributed by atoms with Gasteiger partial charge >= 0.3 is 0 Å². The highest BCUT2D eigenvalue weighted by molar-refractivity contribution is 6.24. The summed E-state index contributed by atoms with van der Waals surface area (Å²) in [6.45, 7) is 2.24. The molecular weight excluding hydrogens is 761 g/mol. The van der Waals surface area contributed by atoms with Crippen LogP contribution in [0.25, 0.3) is 131 Å². The van der Waals surface area contributed by atoms with Crippen molar-refractivity contribution < 1.29 is 0 Å². The molecule has 292 valence electrons. The molecule has 13 rings (SSSR count). The van der Waals surface area contributed by atoms with E-state index in [0.29, 0.717) is 0 Å². The second kappa shape index (κ2) is 13.9. The molecule has 0 bridgehead atoms. The fourth-order valence-electron chi connectivity index (χ4n) is 10.6. The van der Waals surface area contributed by atoms with Gasteiger partial charge in [-0.3, -0.25) is 9.97 Å². The Morgan fingerprint density at radius 3 is 1.49 bits per heavy atom. The fraction of sp³-hybridized carbons (Fsp3) is 0.0164. The van der Waals surface area contributed by atoms with E-state index < -0.39 is 0 Å². The van der Waals surface area contributed by atoms with Gasteiger partial charge in [0, 0.05) is 23.2 Å². The van der Waals surface area contributed by atoms with E-state index in [9.17, 15) is 0 Å². The summed E-state index contributed by atoms with van der Waals surface area (Å²) in [7, 11) is 0. The zero-order valence-corrected chi connectivity index (χ0v) is 34.6.